The van der Waals surface area contributed by atoms with E-state index in [9.17, 15) is 0 Å². The van der Waals surface area contributed by atoms with Gasteiger partial charge < -0.3 is 4.74 Å². The van der Waals surface area contributed by atoms with Crippen molar-refractivity contribution in [2.45, 2.75) is 0 Å². The lowest BCUT2D eigenvalue weighted by Crippen LogP contribution is -1.77. The van der Waals surface area contributed by atoms with Crippen molar-refractivity contribution in [2.75, 3.05) is 0 Å². The van der Waals surface area contributed by atoms with Gasteiger partial charge in [0.2, 0.25) is 0 Å². The molecule has 1 aromatic carbocycles. The Morgan fingerprint density at radius 1 is 1.08 bits per heavy atom. The highest BCUT2D eigenvalue weighted by molar-refractivity contribution is 7.11. The maximum Gasteiger partial charge on any atom is 0.181 e. The van der Waals surface area contributed by atoms with Crippen LogP contribution in [0.2, 0.25) is 0 Å². The van der Waals surface area contributed by atoms with E-state index >= 15 is 0 Å². The molecule has 0 atom stereocenters. The number of hydrogen-bond acceptors (Lipinski definition) is 2. The highest BCUT2D eigenvalue weighted by atomic mass is 32.1. The van der Waals surface area contributed by atoms with E-state index in [0.717, 1.165) is 10.8 Å². The Morgan fingerprint density at radius 3 is 2.58 bits per heavy atom. The van der Waals surface area contributed by atoms with Crippen LogP contribution in [-0.4, -0.2) is 0 Å². The van der Waals surface area contributed by atoms with Crippen molar-refractivity contribution in [3.63, 3.8) is 0 Å². The molecule has 0 aliphatic rings. The topological polar surface area (TPSA) is 9.23 Å². The van der Waals surface area contributed by atoms with Crippen molar-refractivity contribution < 1.29 is 4.74 Å². The van der Waals surface area contributed by atoms with Crippen molar-refractivity contribution in [3.05, 3.63) is 47.8 Å². The van der Waals surface area contributed by atoms with Crippen molar-refractivity contribution in [1.29, 1.82) is 0 Å². The van der Waals surface area contributed by atoms with E-state index in [4.69, 9.17) is 4.74 Å². The van der Waals surface area contributed by atoms with Crippen molar-refractivity contribution >= 4 is 11.3 Å². The molecule has 0 spiro atoms. The normalized spacial score (nSPS) is 9.67. The molecule has 1 nitrogen and oxygen atoms in total. The van der Waals surface area contributed by atoms with Crippen LogP contribution in [0, 0.1) is 5.38 Å². The maximum absolute atomic E-state index is 5.51. The molecule has 2 rings (SSSR count). The van der Waals surface area contributed by atoms with Gasteiger partial charge in [-0.2, -0.15) is 0 Å². The first kappa shape index (κ1) is 7.37. The summed E-state index contributed by atoms with van der Waals surface area (Å²) in [4.78, 5) is 0. The fourth-order valence-electron chi connectivity index (χ4n) is 0.888. The molecule has 2 heteroatoms. The largest absolute Gasteiger partial charge is 0.447 e. The lowest BCUT2D eigenvalue weighted by molar-refractivity contribution is 0.496. The fourth-order valence-corrected chi connectivity index (χ4v) is 1.41. The molecule has 2 aromatic rings. The summed E-state index contributed by atoms with van der Waals surface area (Å²) in [5.74, 6) is 0.869. The first-order valence-corrected chi connectivity index (χ1v) is 4.45. The van der Waals surface area contributed by atoms with Crippen LogP contribution in [0.5, 0.6) is 10.8 Å². The number of hydrogen-bond donors (Lipinski definition) is 0. The molecule has 0 fully saturated rings. The smallest absolute Gasteiger partial charge is 0.181 e. The van der Waals surface area contributed by atoms with Crippen LogP contribution in [0.1, 0.15) is 0 Å². The second-order valence-electron chi connectivity index (χ2n) is 2.29. The van der Waals surface area contributed by atoms with Crippen LogP contribution < -0.4 is 4.74 Å². The molecule has 0 bridgehead atoms. The van der Waals surface area contributed by atoms with E-state index in [-0.39, 0.29) is 0 Å². The molecule has 0 saturated heterocycles. The van der Waals surface area contributed by atoms with Gasteiger partial charge in [-0.1, -0.05) is 29.5 Å². The average molecular weight is 175 g/mol. The molecule has 0 unspecified atom stereocenters. The molecule has 0 saturated carbocycles. The lowest BCUT2D eigenvalue weighted by atomic mass is 10.3. The van der Waals surface area contributed by atoms with Gasteiger partial charge in [0.05, 0.1) is 0 Å². The van der Waals surface area contributed by atoms with Crippen LogP contribution in [0.3, 0.4) is 0 Å². The molecule has 1 radical (unpaired) electrons. The van der Waals surface area contributed by atoms with E-state index < -0.39 is 0 Å². The van der Waals surface area contributed by atoms with Gasteiger partial charge in [0, 0.05) is 5.38 Å². The van der Waals surface area contributed by atoms with E-state index in [1.807, 2.05) is 42.5 Å². The summed E-state index contributed by atoms with van der Waals surface area (Å²) in [5.41, 5.74) is 0. The Kier molecular flexibility index (Phi) is 2.10. The number of para-hydroxylation sites is 1. The lowest BCUT2D eigenvalue weighted by Gasteiger charge is -2.00. The minimum Gasteiger partial charge on any atom is -0.447 e. The molecule has 0 aliphatic carbocycles. The standard InChI is InChI=1S/C10H7OS/c1-2-5-9(6-3-1)11-10-7-4-8-12-10/h1-7H. The number of benzene rings is 1. The highest BCUT2D eigenvalue weighted by Gasteiger charge is 1.94. The first-order valence-electron chi connectivity index (χ1n) is 3.64. The second-order valence-corrected chi connectivity index (χ2v) is 3.13. The first-order chi connectivity index (χ1) is 5.95. The van der Waals surface area contributed by atoms with Crippen molar-refractivity contribution in [2.24, 2.45) is 0 Å². The zero-order chi connectivity index (χ0) is 8.23. The predicted molar refractivity (Wildman–Crippen MR) is 49.7 cm³/mol. The Hall–Kier alpha value is -1.28. The Labute approximate surface area is 75.2 Å². The quantitative estimate of drug-likeness (QED) is 0.680. The second kappa shape index (κ2) is 3.41. The van der Waals surface area contributed by atoms with Gasteiger partial charge in [-0.15, -0.1) is 0 Å². The molecule has 1 heterocycles. The molecule has 59 valence electrons. The third-order valence-electron chi connectivity index (χ3n) is 1.41. The number of rotatable bonds is 2. The zero-order valence-corrected chi connectivity index (χ0v) is 7.17. The molecule has 12 heavy (non-hydrogen) atoms. The van der Waals surface area contributed by atoms with E-state index in [1.54, 1.807) is 0 Å². The van der Waals surface area contributed by atoms with Crippen molar-refractivity contribution in [1.82, 2.24) is 0 Å². The van der Waals surface area contributed by atoms with Crippen molar-refractivity contribution in [3.8, 4) is 10.8 Å². The average Bonchev–Trinajstić information content (AvgIpc) is 2.59. The number of thiophene rings is 1. The summed E-state index contributed by atoms with van der Waals surface area (Å²) in [6, 6.07) is 13.5. The van der Waals surface area contributed by atoms with Crippen LogP contribution >= 0.6 is 11.3 Å². The van der Waals surface area contributed by atoms with Gasteiger partial charge in [0.25, 0.3) is 0 Å². The molecule has 0 aliphatic heterocycles. The number of ether oxygens (including phenoxy) is 1. The van der Waals surface area contributed by atoms with Gasteiger partial charge in [0.15, 0.2) is 5.06 Å². The van der Waals surface area contributed by atoms with E-state index in [2.05, 4.69) is 5.38 Å². The zero-order valence-electron chi connectivity index (χ0n) is 6.36. The monoisotopic (exact) mass is 175 g/mol. The minimum absolute atomic E-state index is 0.869. The summed E-state index contributed by atoms with van der Waals surface area (Å²) >= 11 is 1.47. The van der Waals surface area contributed by atoms with Gasteiger partial charge in [-0.25, -0.2) is 0 Å². The molecule has 1 aromatic heterocycles. The predicted octanol–water partition coefficient (Wildman–Crippen LogP) is 3.34. The summed E-state index contributed by atoms with van der Waals surface area (Å²) in [6.07, 6.45) is 0. The third-order valence-corrected chi connectivity index (χ3v) is 2.08. The van der Waals surface area contributed by atoms with Crippen LogP contribution in [0.4, 0.5) is 0 Å². The van der Waals surface area contributed by atoms with Gasteiger partial charge in [0.1, 0.15) is 5.75 Å². The van der Waals surface area contributed by atoms with E-state index in [0.29, 0.717) is 0 Å². The summed E-state index contributed by atoms with van der Waals surface area (Å²) in [7, 11) is 0. The van der Waals surface area contributed by atoms with Crippen LogP contribution in [0.15, 0.2) is 42.5 Å². The van der Waals surface area contributed by atoms with Gasteiger partial charge >= 0.3 is 0 Å². The SMILES string of the molecule is [c]1ccc(Oc2ccccc2)s1. The molecular weight excluding hydrogens is 168 g/mol. The maximum atomic E-state index is 5.51. The third kappa shape index (κ3) is 1.66. The Morgan fingerprint density at radius 2 is 1.92 bits per heavy atom. The summed E-state index contributed by atoms with van der Waals surface area (Å²) in [5, 5.41) is 3.84. The Bertz CT molecular complexity index is 326. The van der Waals surface area contributed by atoms with Gasteiger partial charge in [-0.05, 0) is 24.3 Å². The Balaban J connectivity index is 2.15. The highest BCUT2D eigenvalue weighted by Crippen LogP contribution is 2.24. The fraction of sp³-hybridized carbons (Fsp3) is 0. The summed E-state index contributed by atoms with van der Waals surface area (Å²) in [6.45, 7) is 0. The molecule has 0 N–H and O–H groups in total. The minimum atomic E-state index is 0.869. The summed E-state index contributed by atoms with van der Waals surface area (Å²) < 4.78 is 5.51. The molecule has 0 amide bonds. The van der Waals surface area contributed by atoms with Gasteiger partial charge in [-0.3, -0.25) is 0 Å². The van der Waals surface area contributed by atoms with Crippen LogP contribution in [-0.2, 0) is 0 Å². The molecular formula is C10H7OS. The van der Waals surface area contributed by atoms with Crippen LogP contribution in [0.25, 0.3) is 0 Å². The van der Waals surface area contributed by atoms with E-state index in [1.165, 1.54) is 11.3 Å².